The fourth-order valence-electron chi connectivity index (χ4n) is 2.02. The molecule has 0 aromatic rings. The Bertz CT molecular complexity index is 260. The molecule has 5 nitrogen and oxygen atoms in total. The van der Waals surface area contributed by atoms with Crippen LogP contribution in [0.4, 0.5) is 0 Å². The van der Waals surface area contributed by atoms with Gasteiger partial charge < -0.3 is 10.4 Å². The van der Waals surface area contributed by atoms with Crippen LogP contribution in [0, 0.1) is 5.92 Å². The van der Waals surface area contributed by atoms with Crippen LogP contribution in [-0.2, 0) is 9.59 Å². The molecule has 1 aliphatic heterocycles. The minimum absolute atomic E-state index is 0.0243. The van der Waals surface area contributed by atoms with Crippen LogP contribution in [0.3, 0.4) is 0 Å². The van der Waals surface area contributed by atoms with E-state index in [2.05, 4.69) is 5.32 Å². The molecule has 0 radical (unpaired) electrons. The molecule has 0 aromatic heterocycles. The lowest BCUT2D eigenvalue weighted by Crippen LogP contribution is -2.48. The van der Waals surface area contributed by atoms with Gasteiger partial charge >= 0.3 is 5.97 Å². The zero-order valence-electron chi connectivity index (χ0n) is 9.90. The Kier molecular flexibility index (Phi) is 4.73. The second-order valence-electron chi connectivity index (χ2n) is 4.22. The second kappa shape index (κ2) is 5.84. The molecule has 0 aromatic carbocycles. The van der Waals surface area contributed by atoms with E-state index in [0.29, 0.717) is 32.5 Å². The summed E-state index contributed by atoms with van der Waals surface area (Å²) in [4.78, 5) is 24.4. The van der Waals surface area contributed by atoms with E-state index in [-0.39, 0.29) is 17.9 Å². The van der Waals surface area contributed by atoms with Crippen LogP contribution < -0.4 is 5.32 Å². The lowest BCUT2D eigenvalue weighted by molar-refractivity contribution is -0.143. The van der Waals surface area contributed by atoms with E-state index >= 15 is 0 Å². The first-order valence-corrected chi connectivity index (χ1v) is 5.80. The van der Waals surface area contributed by atoms with Crippen molar-refractivity contribution in [3.05, 3.63) is 0 Å². The molecular weight excluding hydrogens is 208 g/mol. The third-order valence-corrected chi connectivity index (χ3v) is 3.16. The first kappa shape index (κ1) is 13.0. The summed E-state index contributed by atoms with van der Waals surface area (Å²) in [7, 11) is 0. The first-order valence-electron chi connectivity index (χ1n) is 5.80. The Morgan fingerprint density at radius 1 is 1.44 bits per heavy atom. The van der Waals surface area contributed by atoms with Crippen molar-refractivity contribution in [3.8, 4) is 0 Å². The average molecular weight is 228 g/mol. The quantitative estimate of drug-likeness (QED) is 0.726. The molecule has 5 heteroatoms. The average Bonchev–Trinajstić information content (AvgIpc) is 2.28. The summed E-state index contributed by atoms with van der Waals surface area (Å²) in [5.41, 5.74) is 0. The number of nitrogens with one attached hydrogen (secondary N) is 1. The van der Waals surface area contributed by atoms with Gasteiger partial charge in [-0.1, -0.05) is 0 Å². The molecule has 1 saturated heterocycles. The molecule has 1 atom stereocenters. The van der Waals surface area contributed by atoms with E-state index in [1.807, 2.05) is 18.7 Å². The number of aliphatic carboxylic acids is 1. The maximum absolute atomic E-state index is 11.6. The van der Waals surface area contributed by atoms with Crippen LogP contribution >= 0.6 is 0 Å². The maximum Gasteiger partial charge on any atom is 0.306 e. The monoisotopic (exact) mass is 228 g/mol. The van der Waals surface area contributed by atoms with Gasteiger partial charge in [-0.2, -0.15) is 0 Å². The maximum atomic E-state index is 11.6. The number of likely N-dealkylation sites (tertiary alicyclic amines) is 1. The summed E-state index contributed by atoms with van der Waals surface area (Å²) in [6, 6.07) is -0.158. The highest BCUT2D eigenvalue weighted by Gasteiger charge is 2.29. The molecule has 0 spiro atoms. The van der Waals surface area contributed by atoms with Gasteiger partial charge in [-0.3, -0.25) is 14.5 Å². The molecule has 1 amide bonds. The summed E-state index contributed by atoms with van der Waals surface area (Å²) in [6.45, 7) is 5.77. The summed E-state index contributed by atoms with van der Waals surface area (Å²) in [5, 5.41) is 11.6. The number of carbonyl (C=O) groups excluding carboxylic acids is 1. The molecule has 1 rings (SSSR count). The van der Waals surface area contributed by atoms with E-state index in [4.69, 9.17) is 5.11 Å². The highest BCUT2D eigenvalue weighted by Crippen LogP contribution is 2.18. The number of likely N-dealkylation sites (N-methyl/N-ethyl adjacent to an activating group) is 1. The highest BCUT2D eigenvalue weighted by atomic mass is 16.4. The van der Waals surface area contributed by atoms with Crippen LogP contribution in [-0.4, -0.2) is 47.6 Å². The summed E-state index contributed by atoms with van der Waals surface area (Å²) in [6.07, 6.45) is 1.28. The Balaban J connectivity index is 2.41. The predicted molar refractivity (Wildman–Crippen MR) is 60.1 cm³/mol. The zero-order valence-corrected chi connectivity index (χ0v) is 9.90. The van der Waals surface area contributed by atoms with Gasteiger partial charge in [0, 0.05) is 6.54 Å². The Labute approximate surface area is 95.8 Å². The number of nitrogens with zero attached hydrogens (tertiary/aromatic N) is 1. The molecule has 2 N–H and O–H groups in total. The van der Waals surface area contributed by atoms with Crippen molar-refractivity contribution in [2.45, 2.75) is 32.7 Å². The summed E-state index contributed by atoms with van der Waals surface area (Å²) >= 11 is 0. The minimum atomic E-state index is -0.717. The number of piperidine rings is 1. The molecule has 16 heavy (non-hydrogen) atoms. The SMILES string of the molecule is CCNC(=O)C(C)N1CCC(C(=O)O)CC1. The second-order valence-corrected chi connectivity index (χ2v) is 4.22. The topological polar surface area (TPSA) is 69.6 Å². The zero-order chi connectivity index (χ0) is 12.1. The number of hydrogen-bond donors (Lipinski definition) is 2. The van der Waals surface area contributed by atoms with Crippen LogP contribution in [0.15, 0.2) is 0 Å². The Hall–Kier alpha value is -1.10. The third kappa shape index (κ3) is 3.20. The standard InChI is InChI=1S/C11H20N2O3/c1-3-12-10(14)8(2)13-6-4-9(5-7-13)11(15)16/h8-9H,3-7H2,1-2H3,(H,12,14)(H,15,16). The van der Waals surface area contributed by atoms with Crippen molar-refractivity contribution in [2.24, 2.45) is 5.92 Å². The molecule has 92 valence electrons. The van der Waals surface area contributed by atoms with Crippen LogP contribution in [0.25, 0.3) is 0 Å². The van der Waals surface area contributed by atoms with Crippen molar-refractivity contribution >= 4 is 11.9 Å². The molecule has 1 unspecified atom stereocenters. The van der Waals surface area contributed by atoms with E-state index in [1.165, 1.54) is 0 Å². The number of rotatable bonds is 4. The largest absolute Gasteiger partial charge is 0.481 e. The van der Waals surface area contributed by atoms with Crippen molar-refractivity contribution in [2.75, 3.05) is 19.6 Å². The van der Waals surface area contributed by atoms with Gasteiger partial charge in [0.15, 0.2) is 0 Å². The molecular formula is C11H20N2O3. The van der Waals surface area contributed by atoms with E-state index in [0.717, 1.165) is 0 Å². The number of amides is 1. The number of carboxylic acids is 1. The highest BCUT2D eigenvalue weighted by molar-refractivity contribution is 5.81. The van der Waals surface area contributed by atoms with Gasteiger partial charge in [0.1, 0.15) is 0 Å². The number of carboxylic acid groups (broad SMARTS) is 1. The molecule has 0 saturated carbocycles. The fraction of sp³-hybridized carbons (Fsp3) is 0.818. The van der Waals surface area contributed by atoms with E-state index in [9.17, 15) is 9.59 Å². The van der Waals surface area contributed by atoms with Crippen LogP contribution in [0.2, 0.25) is 0 Å². The summed E-state index contributed by atoms with van der Waals surface area (Å²) < 4.78 is 0. The van der Waals surface area contributed by atoms with Crippen molar-refractivity contribution < 1.29 is 14.7 Å². The summed E-state index contributed by atoms with van der Waals surface area (Å²) in [5.74, 6) is -0.931. The fourth-order valence-corrected chi connectivity index (χ4v) is 2.02. The molecule has 1 aliphatic rings. The van der Waals surface area contributed by atoms with Crippen LogP contribution in [0.5, 0.6) is 0 Å². The third-order valence-electron chi connectivity index (χ3n) is 3.16. The van der Waals surface area contributed by atoms with Gasteiger partial charge in [0.05, 0.1) is 12.0 Å². The first-order chi connectivity index (χ1) is 7.56. The lowest BCUT2D eigenvalue weighted by atomic mass is 9.96. The smallest absolute Gasteiger partial charge is 0.306 e. The molecule has 0 aliphatic carbocycles. The van der Waals surface area contributed by atoms with Crippen molar-refractivity contribution in [3.63, 3.8) is 0 Å². The van der Waals surface area contributed by atoms with Crippen molar-refractivity contribution in [1.29, 1.82) is 0 Å². The van der Waals surface area contributed by atoms with Gasteiger partial charge in [-0.25, -0.2) is 0 Å². The van der Waals surface area contributed by atoms with E-state index in [1.54, 1.807) is 0 Å². The normalized spacial score (nSPS) is 20.4. The molecule has 1 heterocycles. The lowest BCUT2D eigenvalue weighted by Gasteiger charge is -2.33. The minimum Gasteiger partial charge on any atom is -0.481 e. The van der Waals surface area contributed by atoms with Gasteiger partial charge in [0.2, 0.25) is 5.91 Å². The molecule has 1 fully saturated rings. The Morgan fingerprint density at radius 3 is 2.44 bits per heavy atom. The number of hydrogen-bond acceptors (Lipinski definition) is 3. The predicted octanol–water partition coefficient (Wildman–Crippen LogP) is 0.308. The van der Waals surface area contributed by atoms with Crippen molar-refractivity contribution in [1.82, 2.24) is 10.2 Å². The number of carbonyl (C=O) groups is 2. The van der Waals surface area contributed by atoms with Gasteiger partial charge in [-0.15, -0.1) is 0 Å². The van der Waals surface area contributed by atoms with Gasteiger partial charge in [-0.05, 0) is 39.8 Å². The Morgan fingerprint density at radius 2 is 2.00 bits per heavy atom. The van der Waals surface area contributed by atoms with Gasteiger partial charge in [0.25, 0.3) is 0 Å². The molecule has 0 bridgehead atoms. The van der Waals surface area contributed by atoms with E-state index < -0.39 is 5.97 Å². The van der Waals surface area contributed by atoms with Crippen LogP contribution in [0.1, 0.15) is 26.7 Å².